The third kappa shape index (κ3) is 12.7. The van der Waals surface area contributed by atoms with Crippen molar-refractivity contribution in [1.82, 2.24) is 4.98 Å². The van der Waals surface area contributed by atoms with E-state index in [-0.39, 0.29) is 36.8 Å². The summed E-state index contributed by atoms with van der Waals surface area (Å²) in [5.41, 5.74) is 3.04. The monoisotopic (exact) mass is 597 g/mol. The molecule has 9 nitrogen and oxygen atoms in total. The maximum Gasteiger partial charge on any atom is 0.327 e. The minimum absolute atomic E-state index is 0.0284. The highest BCUT2D eigenvalue weighted by atomic mass is 16.5. The molecule has 2 rings (SSSR count). The Labute approximate surface area is 254 Å². The maximum atomic E-state index is 12.1. The van der Waals surface area contributed by atoms with Crippen molar-refractivity contribution in [2.24, 2.45) is 17.8 Å². The number of oxazole rings is 1. The number of aryl methyl sites for hydroxylation is 1. The van der Waals surface area contributed by atoms with Crippen LogP contribution in [0.15, 0.2) is 76.0 Å². The summed E-state index contributed by atoms with van der Waals surface area (Å²) < 4.78 is 10.7. The summed E-state index contributed by atoms with van der Waals surface area (Å²) in [5, 5.41) is 41.0. The number of carbonyl (C=O) groups is 2. The summed E-state index contributed by atoms with van der Waals surface area (Å²) >= 11 is 0. The van der Waals surface area contributed by atoms with E-state index in [0.717, 1.165) is 17.3 Å². The van der Waals surface area contributed by atoms with Crippen molar-refractivity contribution in [3.05, 3.63) is 83.2 Å². The van der Waals surface area contributed by atoms with Gasteiger partial charge in [-0.25, -0.2) is 9.78 Å². The minimum Gasteiger partial charge on any atom is -0.478 e. The molecule has 1 aromatic rings. The summed E-state index contributed by atoms with van der Waals surface area (Å²) in [5.74, 6) is -1.25. The van der Waals surface area contributed by atoms with E-state index in [1.807, 2.05) is 38.2 Å². The Hall–Kier alpha value is -3.53. The topological polar surface area (TPSA) is 150 Å². The molecule has 1 aliphatic heterocycles. The number of nitrogens with zero attached hydrogens (tertiary/aromatic N) is 1. The smallest absolute Gasteiger partial charge is 0.327 e. The zero-order chi connectivity index (χ0) is 32.1. The maximum absolute atomic E-state index is 12.1. The van der Waals surface area contributed by atoms with Crippen LogP contribution in [-0.2, 0) is 14.3 Å². The average molecular weight is 598 g/mol. The van der Waals surface area contributed by atoms with Crippen LogP contribution >= 0.6 is 0 Å². The molecular weight excluding hydrogens is 550 g/mol. The van der Waals surface area contributed by atoms with E-state index in [4.69, 9.17) is 14.3 Å². The minimum atomic E-state index is -1.01. The first kappa shape index (κ1) is 35.7. The number of allylic oxidation sites excluding steroid dienone is 7. The Kier molecular flexibility index (Phi) is 14.6. The Morgan fingerprint density at radius 1 is 1.09 bits per heavy atom. The zero-order valence-corrected chi connectivity index (χ0v) is 26.0. The van der Waals surface area contributed by atoms with Crippen LogP contribution in [0.5, 0.6) is 0 Å². The molecule has 1 aliphatic rings. The van der Waals surface area contributed by atoms with Crippen molar-refractivity contribution in [3.63, 3.8) is 0 Å². The molecule has 0 saturated carbocycles. The van der Waals surface area contributed by atoms with Crippen LogP contribution in [0.4, 0.5) is 0 Å². The van der Waals surface area contributed by atoms with Gasteiger partial charge in [-0.05, 0) is 62.3 Å². The van der Waals surface area contributed by atoms with Crippen molar-refractivity contribution in [1.29, 1.82) is 0 Å². The SMILES string of the molecule is CC(C=CC=C(C)C(O)C(C)C(O)CC(O)C(C)=CC=CC(C)C1CC(CC=CC(=O)O)CC(=O)O1)=Cc1coc(C)n1. The number of hydrogen-bond donors (Lipinski definition) is 4. The summed E-state index contributed by atoms with van der Waals surface area (Å²) in [7, 11) is 0. The van der Waals surface area contributed by atoms with E-state index < -0.39 is 30.2 Å². The number of cyclic esters (lactones) is 1. The predicted octanol–water partition coefficient (Wildman–Crippen LogP) is 5.49. The fourth-order valence-electron chi connectivity index (χ4n) is 4.83. The van der Waals surface area contributed by atoms with Crippen LogP contribution in [0.1, 0.15) is 71.9 Å². The molecule has 2 heterocycles. The van der Waals surface area contributed by atoms with E-state index in [1.54, 1.807) is 58.3 Å². The van der Waals surface area contributed by atoms with Crippen LogP contribution in [0.25, 0.3) is 6.08 Å². The number of ether oxygens (including phenoxy) is 1. The Bertz CT molecular complexity index is 1250. The molecule has 7 atom stereocenters. The third-order valence-corrected chi connectivity index (χ3v) is 7.69. The van der Waals surface area contributed by atoms with Crippen molar-refractivity contribution in [3.8, 4) is 0 Å². The van der Waals surface area contributed by atoms with Gasteiger partial charge in [0.05, 0.1) is 18.3 Å². The quantitative estimate of drug-likeness (QED) is 0.117. The van der Waals surface area contributed by atoms with Crippen LogP contribution in [0, 0.1) is 24.7 Å². The van der Waals surface area contributed by atoms with Gasteiger partial charge < -0.3 is 29.6 Å². The van der Waals surface area contributed by atoms with Gasteiger partial charge in [0.15, 0.2) is 5.89 Å². The second kappa shape index (κ2) is 17.6. The molecule has 0 bridgehead atoms. The van der Waals surface area contributed by atoms with Gasteiger partial charge in [-0.2, -0.15) is 0 Å². The Morgan fingerprint density at radius 3 is 2.44 bits per heavy atom. The van der Waals surface area contributed by atoms with Crippen molar-refractivity contribution < 1.29 is 39.2 Å². The number of aliphatic hydroxyl groups excluding tert-OH is 3. The fourth-order valence-corrected chi connectivity index (χ4v) is 4.83. The highest BCUT2D eigenvalue weighted by Crippen LogP contribution is 2.29. The van der Waals surface area contributed by atoms with Gasteiger partial charge in [-0.1, -0.05) is 56.4 Å². The lowest BCUT2D eigenvalue weighted by Gasteiger charge is -2.31. The van der Waals surface area contributed by atoms with Gasteiger partial charge in [-0.3, -0.25) is 4.79 Å². The fraction of sp³-hybridized carbons (Fsp3) is 0.500. The highest BCUT2D eigenvalue weighted by Gasteiger charge is 2.30. The van der Waals surface area contributed by atoms with Gasteiger partial charge in [-0.15, -0.1) is 0 Å². The van der Waals surface area contributed by atoms with Crippen LogP contribution < -0.4 is 0 Å². The van der Waals surface area contributed by atoms with E-state index in [1.165, 1.54) is 0 Å². The van der Waals surface area contributed by atoms with E-state index in [0.29, 0.717) is 29.9 Å². The van der Waals surface area contributed by atoms with Gasteiger partial charge in [0.2, 0.25) is 0 Å². The molecule has 0 aromatic carbocycles. The molecule has 1 fully saturated rings. The number of hydrogen-bond acceptors (Lipinski definition) is 8. The Morgan fingerprint density at radius 2 is 1.79 bits per heavy atom. The van der Waals surface area contributed by atoms with E-state index in [9.17, 15) is 24.9 Å². The average Bonchev–Trinajstić information content (AvgIpc) is 3.35. The number of carboxylic acid groups (broad SMARTS) is 1. The van der Waals surface area contributed by atoms with Crippen LogP contribution in [-0.4, -0.2) is 61.8 Å². The molecule has 0 amide bonds. The molecule has 1 saturated heterocycles. The number of aromatic nitrogens is 1. The predicted molar refractivity (Wildman–Crippen MR) is 166 cm³/mol. The highest BCUT2D eigenvalue weighted by molar-refractivity contribution is 5.79. The number of aliphatic hydroxyl groups is 3. The molecule has 43 heavy (non-hydrogen) atoms. The van der Waals surface area contributed by atoms with E-state index in [2.05, 4.69) is 4.98 Å². The van der Waals surface area contributed by atoms with Gasteiger partial charge in [0.25, 0.3) is 0 Å². The van der Waals surface area contributed by atoms with Crippen LogP contribution in [0.2, 0.25) is 0 Å². The lowest BCUT2D eigenvalue weighted by molar-refractivity contribution is -0.158. The largest absolute Gasteiger partial charge is 0.478 e. The summed E-state index contributed by atoms with van der Waals surface area (Å²) in [6.07, 6.45) is 15.6. The van der Waals surface area contributed by atoms with Gasteiger partial charge in [0, 0.05) is 37.7 Å². The first-order valence-corrected chi connectivity index (χ1v) is 14.7. The third-order valence-electron chi connectivity index (χ3n) is 7.69. The Balaban J connectivity index is 1.88. The van der Waals surface area contributed by atoms with E-state index >= 15 is 0 Å². The number of rotatable bonds is 15. The normalized spacial score (nSPS) is 22.6. The zero-order valence-electron chi connectivity index (χ0n) is 26.0. The molecule has 7 unspecified atom stereocenters. The molecule has 9 heteroatoms. The van der Waals surface area contributed by atoms with Gasteiger partial charge >= 0.3 is 11.9 Å². The first-order chi connectivity index (χ1) is 20.3. The van der Waals surface area contributed by atoms with Gasteiger partial charge in [0.1, 0.15) is 18.1 Å². The number of esters is 1. The molecule has 236 valence electrons. The summed E-state index contributed by atoms with van der Waals surface area (Å²) in [6, 6.07) is 0. The molecule has 0 radical (unpaired) electrons. The molecule has 4 N–H and O–H groups in total. The molecule has 1 aromatic heterocycles. The second-order valence-electron chi connectivity index (χ2n) is 11.5. The summed E-state index contributed by atoms with van der Waals surface area (Å²) in [6.45, 7) is 11.0. The first-order valence-electron chi connectivity index (χ1n) is 14.7. The van der Waals surface area contributed by atoms with Crippen molar-refractivity contribution in [2.45, 2.75) is 91.6 Å². The molecule has 0 aliphatic carbocycles. The number of aliphatic carboxylic acids is 1. The number of carboxylic acids is 1. The second-order valence-corrected chi connectivity index (χ2v) is 11.5. The lowest BCUT2D eigenvalue weighted by Crippen LogP contribution is -2.33. The standard InChI is InChI=1S/C34H47NO8/c1-21(16-28-20-42-26(6)35-28)10-7-13-24(4)34(41)25(5)30(37)19-29(36)22(2)11-8-12-23(3)31-17-27(18-33(40)43-31)14-9-15-32(38)39/h7-13,15-16,20,23,25,27,29-31,34,36-37,41H,14,17-19H2,1-6H3,(H,38,39). The van der Waals surface area contributed by atoms with Crippen molar-refractivity contribution >= 4 is 18.0 Å². The number of carbonyl (C=O) groups excluding carboxylic acids is 1. The molecular formula is C34H47NO8. The summed E-state index contributed by atoms with van der Waals surface area (Å²) in [4.78, 5) is 27.0. The molecule has 0 spiro atoms. The lowest BCUT2D eigenvalue weighted by atomic mass is 9.87. The van der Waals surface area contributed by atoms with Crippen molar-refractivity contribution in [2.75, 3.05) is 0 Å². The van der Waals surface area contributed by atoms with Crippen LogP contribution in [0.3, 0.4) is 0 Å².